The van der Waals surface area contributed by atoms with Crippen LogP contribution in [0.4, 0.5) is 24.5 Å². The van der Waals surface area contributed by atoms with E-state index in [2.05, 4.69) is 10.6 Å². The van der Waals surface area contributed by atoms with E-state index in [1.54, 1.807) is 13.2 Å². The van der Waals surface area contributed by atoms with Crippen LogP contribution in [0.3, 0.4) is 0 Å². The summed E-state index contributed by atoms with van der Waals surface area (Å²) in [5, 5.41) is 6.17. The standard InChI is InChI=1S/C23H23F3N2O/c1-16-5-3-6-17(9-16)14-27-20-11-19(23(24,25)26)12-21(13-20)28-15-18-7-4-8-22(10-18)29-2/h3-13,27-28H,14-15H2,1-2H3. The van der Waals surface area contributed by atoms with Crippen molar-refractivity contribution in [3.63, 3.8) is 0 Å². The van der Waals surface area contributed by atoms with Crippen LogP contribution in [0.5, 0.6) is 5.75 Å². The van der Waals surface area contributed by atoms with Gasteiger partial charge in [0, 0.05) is 24.5 Å². The molecule has 3 nitrogen and oxygen atoms in total. The topological polar surface area (TPSA) is 33.3 Å². The van der Waals surface area contributed by atoms with Gasteiger partial charge >= 0.3 is 6.18 Å². The molecule has 2 N–H and O–H groups in total. The van der Waals surface area contributed by atoms with Crippen LogP contribution in [-0.2, 0) is 19.3 Å². The summed E-state index contributed by atoms with van der Waals surface area (Å²) in [6, 6.07) is 19.2. The number of nitrogens with one attached hydrogen (secondary N) is 2. The van der Waals surface area contributed by atoms with Gasteiger partial charge in [-0.15, -0.1) is 0 Å². The van der Waals surface area contributed by atoms with Gasteiger partial charge in [0.05, 0.1) is 12.7 Å². The monoisotopic (exact) mass is 400 g/mol. The molecule has 0 saturated heterocycles. The Morgan fingerprint density at radius 3 is 1.93 bits per heavy atom. The first-order valence-electron chi connectivity index (χ1n) is 9.22. The van der Waals surface area contributed by atoms with Gasteiger partial charge in [-0.1, -0.05) is 42.0 Å². The number of alkyl halides is 3. The highest BCUT2D eigenvalue weighted by Crippen LogP contribution is 2.33. The van der Waals surface area contributed by atoms with Gasteiger partial charge in [0.2, 0.25) is 0 Å². The summed E-state index contributed by atoms with van der Waals surface area (Å²) in [6.45, 7) is 2.81. The molecule has 0 aliphatic rings. The van der Waals surface area contributed by atoms with E-state index in [1.165, 1.54) is 0 Å². The Balaban J connectivity index is 1.77. The minimum Gasteiger partial charge on any atom is -0.497 e. The highest BCUT2D eigenvalue weighted by Gasteiger charge is 2.31. The maximum absolute atomic E-state index is 13.4. The van der Waals surface area contributed by atoms with Crippen molar-refractivity contribution in [2.24, 2.45) is 0 Å². The molecule has 0 atom stereocenters. The van der Waals surface area contributed by atoms with Crippen molar-refractivity contribution < 1.29 is 17.9 Å². The lowest BCUT2D eigenvalue weighted by atomic mass is 10.1. The van der Waals surface area contributed by atoms with Crippen molar-refractivity contribution in [2.75, 3.05) is 17.7 Å². The van der Waals surface area contributed by atoms with Crippen molar-refractivity contribution in [3.05, 3.63) is 89.0 Å². The largest absolute Gasteiger partial charge is 0.497 e. The molecule has 0 aliphatic heterocycles. The molecule has 0 aromatic heterocycles. The summed E-state index contributed by atoms with van der Waals surface area (Å²) >= 11 is 0. The highest BCUT2D eigenvalue weighted by molar-refractivity contribution is 5.60. The minimum atomic E-state index is -4.42. The van der Waals surface area contributed by atoms with Crippen molar-refractivity contribution >= 4 is 11.4 Å². The van der Waals surface area contributed by atoms with Crippen molar-refractivity contribution in [2.45, 2.75) is 26.2 Å². The molecule has 0 amide bonds. The van der Waals surface area contributed by atoms with Crippen LogP contribution in [0.25, 0.3) is 0 Å². The molecule has 0 radical (unpaired) electrons. The summed E-state index contributed by atoms with van der Waals surface area (Å²) in [4.78, 5) is 0. The maximum Gasteiger partial charge on any atom is 0.416 e. The number of anilines is 2. The van der Waals surface area contributed by atoms with E-state index < -0.39 is 11.7 Å². The van der Waals surface area contributed by atoms with Gasteiger partial charge in [-0.25, -0.2) is 0 Å². The first-order valence-corrected chi connectivity index (χ1v) is 9.22. The lowest BCUT2D eigenvalue weighted by Gasteiger charge is -2.15. The number of ether oxygens (including phenoxy) is 1. The highest BCUT2D eigenvalue weighted by atomic mass is 19.4. The van der Waals surface area contributed by atoms with Gasteiger partial charge in [-0.2, -0.15) is 13.2 Å². The minimum absolute atomic E-state index is 0.385. The second-order valence-corrected chi connectivity index (χ2v) is 6.84. The van der Waals surface area contributed by atoms with Gasteiger partial charge in [-0.3, -0.25) is 0 Å². The molecule has 0 saturated carbocycles. The van der Waals surface area contributed by atoms with Crippen molar-refractivity contribution in [1.29, 1.82) is 0 Å². The Morgan fingerprint density at radius 2 is 1.38 bits per heavy atom. The first kappa shape index (κ1) is 20.6. The quantitative estimate of drug-likeness (QED) is 0.492. The molecular formula is C23H23F3N2O. The molecule has 0 bridgehead atoms. The summed E-state index contributed by atoms with van der Waals surface area (Å²) < 4.78 is 45.2. The second-order valence-electron chi connectivity index (χ2n) is 6.84. The Labute approximate surface area is 168 Å². The fourth-order valence-electron chi connectivity index (χ4n) is 3.01. The SMILES string of the molecule is COc1cccc(CNc2cc(NCc3cccc(C)c3)cc(C(F)(F)F)c2)c1. The van der Waals surface area contributed by atoms with Crippen LogP contribution in [0.15, 0.2) is 66.7 Å². The van der Waals surface area contributed by atoms with E-state index in [1.807, 2.05) is 55.5 Å². The molecule has 0 aliphatic carbocycles. The predicted molar refractivity (Wildman–Crippen MR) is 110 cm³/mol. The van der Waals surface area contributed by atoms with Gasteiger partial charge in [0.15, 0.2) is 0 Å². The Kier molecular flexibility index (Phi) is 6.32. The lowest BCUT2D eigenvalue weighted by Crippen LogP contribution is -2.09. The number of benzene rings is 3. The van der Waals surface area contributed by atoms with E-state index >= 15 is 0 Å². The summed E-state index contributed by atoms with van der Waals surface area (Å²) in [6.07, 6.45) is -4.42. The van der Waals surface area contributed by atoms with Gasteiger partial charge in [0.1, 0.15) is 5.75 Å². The second kappa shape index (κ2) is 8.90. The number of methoxy groups -OCH3 is 1. The molecule has 152 valence electrons. The predicted octanol–water partition coefficient (Wildman–Crippen LogP) is 6.25. The third-order valence-corrected chi connectivity index (χ3v) is 4.47. The van der Waals surface area contributed by atoms with Crippen LogP contribution in [0, 0.1) is 6.92 Å². The molecule has 3 aromatic rings. The van der Waals surface area contributed by atoms with E-state index in [0.29, 0.717) is 30.2 Å². The van der Waals surface area contributed by atoms with Crippen LogP contribution in [0.1, 0.15) is 22.3 Å². The molecule has 3 rings (SSSR count). The third-order valence-electron chi connectivity index (χ3n) is 4.47. The van der Waals surface area contributed by atoms with Gasteiger partial charge < -0.3 is 15.4 Å². The van der Waals surface area contributed by atoms with E-state index in [9.17, 15) is 13.2 Å². The zero-order valence-corrected chi connectivity index (χ0v) is 16.3. The maximum atomic E-state index is 13.4. The number of hydrogen-bond acceptors (Lipinski definition) is 3. The zero-order valence-electron chi connectivity index (χ0n) is 16.3. The van der Waals surface area contributed by atoms with Crippen LogP contribution in [0.2, 0.25) is 0 Å². The smallest absolute Gasteiger partial charge is 0.416 e. The summed E-state index contributed by atoms with van der Waals surface area (Å²) in [5.74, 6) is 0.703. The molecular weight excluding hydrogens is 377 g/mol. The Hall–Kier alpha value is -3.15. The molecule has 6 heteroatoms. The number of halogens is 3. The van der Waals surface area contributed by atoms with Crippen LogP contribution < -0.4 is 15.4 Å². The average molecular weight is 400 g/mol. The van der Waals surface area contributed by atoms with E-state index in [0.717, 1.165) is 28.8 Å². The van der Waals surface area contributed by atoms with Gasteiger partial charge in [-0.05, 0) is 48.4 Å². The van der Waals surface area contributed by atoms with Crippen molar-refractivity contribution in [1.82, 2.24) is 0 Å². The summed E-state index contributed by atoms with van der Waals surface area (Å²) in [7, 11) is 1.57. The van der Waals surface area contributed by atoms with Crippen LogP contribution in [-0.4, -0.2) is 7.11 Å². The molecule has 0 spiro atoms. The summed E-state index contributed by atoms with van der Waals surface area (Å²) in [5.41, 5.74) is 3.14. The third kappa shape index (κ3) is 5.91. The van der Waals surface area contributed by atoms with E-state index in [4.69, 9.17) is 4.74 Å². The average Bonchev–Trinajstić information content (AvgIpc) is 2.70. The van der Waals surface area contributed by atoms with E-state index in [-0.39, 0.29) is 0 Å². The lowest BCUT2D eigenvalue weighted by molar-refractivity contribution is -0.137. The number of aryl methyl sites for hydroxylation is 1. The first-order chi connectivity index (χ1) is 13.8. The van der Waals surface area contributed by atoms with Crippen molar-refractivity contribution in [3.8, 4) is 5.75 Å². The molecule has 29 heavy (non-hydrogen) atoms. The van der Waals surface area contributed by atoms with Crippen LogP contribution >= 0.6 is 0 Å². The molecule has 0 heterocycles. The zero-order chi connectivity index (χ0) is 20.9. The normalized spacial score (nSPS) is 11.2. The fraction of sp³-hybridized carbons (Fsp3) is 0.217. The number of rotatable bonds is 7. The molecule has 3 aromatic carbocycles. The molecule has 0 fully saturated rings. The Morgan fingerprint density at radius 1 is 0.793 bits per heavy atom. The Bertz CT molecular complexity index is 970. The number of hydrogen-bond donors (Lipinski definition) is 2. The van der Waals surface area contributed by atoms with Gasteiger partial charge in [0.25, 0.3) is 0 Å². The fourth-order valence-corrected chi connectivity index (χ4v) is 3.01. The molecule has 0 unspecified atom stereocenters.